The van der Waals surface area contributed by atoms with Crippen LogP contribution in [0.25, 0.3) is 0 Å². The van der Waals surface area contributed by atoms with Crippen LogP contribution in [-0.4, -0.2) is 26.4 Å². The summed E-state index contributed by atoms with van der Waals surface area (Å²) in [5.74, 6) is 3.02. The van der Waals surface area contributed by atoms with E-state index in [2.05, 4.69) is 29.4 Å². The van der Waals surface area contributed by atoms with Crippen LogP contribution in [0.5, 0.6) is 0 Å². The second-order valence-electron chi connectivity index (χ2n) is 7.49. The highest BCUT2D eigenvalue weighted by Crippen LogP contribution is 2.27. The number of nitrogens with zero attached hydrogens (tertiary/aromatic N) is 3. The Morgan fingerprint density at radius 3 is 2.50 bits per heavy atom. The van der Waals surface area contributed by atoms with Crippen LogP contribution < -0.4 is 5.32 Å². The second kappa shape index (κ2) is 12.0. The van der Waals surface area contributed by atoms with Crippen LogP contribution in [0.15, 0.2) is 47.6 Å². The molecule has 2 aromatic carbocycles. The SMILES string of the molecule is CCn1c(CSCc2ccc(Cl)cc2Cl)nnc1SCC(=O)Nc1ccc(C(C)C)cc1. The number of nitrogens with one attached hydrogen (secondary N) is 1. The van der Waals surface area contributed by atoms with Crippen molar-refractivity contribution in [3.8, 4) is 0 Å². The molecule has 3 rings (SSSR count). The molecule has 0 bridgehead atoms. The summed E-state index contributed by atoms with van der Waals surface area (Å²) >= 11 is 15.3. The van der Waals surface area contributed by atoms with E-state index in [1.54, 1.807) is 17.8 Å². The number of halogens is 2. The Kier molecular flexibility index (Phi) is 9.34. The van der Waals surface area contributed by atoms with Gasteiger partial charge in [0.15, 0.2) is 5.16 Å². The zero-order chi connectivity index (χ0) is 23.1. The fourth-order valence-corrected chi connectivity index (χ4v) is 5.37. The van der Waals surface area contributed by atoms with Crippen molar-refractivity contribution < 1.29 is 4.79 Å². The number of amides is 1. The molecular formula is C23H26Cl2N4OS2. The lowest BCUT2D eigenvalue weighted by Gasteiger charge is -2.09. The summed E-state index contributed by atoms with van der Waals surface area (Å²) < 4.78 is 2.05. The van der Waals surface area contributed by atoms with Crippen LogP contribution in [0.1, 0.15) is 43.6 Å². The van der Waals surface area contributed by atoms with Crippen molar-refractivity contribution in [1.29, 1.82) is 0 Å². The van der Waals surface area contributed by atoms with E-state index in [0.29, 0.717) is 21.7 Å². The third-order valence-corrected chi connectivity index (χ3v) is 7.34. The van der Waals surface area contributed by atoms with Crippen molar-refractivity contribution in [1.82, 2.24) is 14.8 Å². The Morgan fingerprint density at radius 2 is 1.84 bits per heavy atom. The van der Waals surface area contributed by atoms with Gasteiger partial charge >= 0.3 is 0 Å². The number of anilines is 1. The van der Waals surface area contributed by atoms with Gasteiger partial charge in [-0.2, -0.15) is 0 Å². The Balaban J connectivity index is 1.52. The standard InChI is InChI=1S/C23H26Cl2N4OS2/c1-4-29-21(13-31-12-17-5-8-18(24)11-20(17)25)27-28-23(29)32-14-22(30)26-19-9-6-16(7-10-19)15(2)3/h5-11,15H,4,12-14H2,1-3H3,(H,26,30). The fraction of sp³-hybridized carbons (Fsp3) is 0.348. The van der Waals surface area contributed by atoms with Crippen LogP contribution in [0.4, 0.5) is 5.69 Å². The molecule has 170 valence electrons. The molecule has 0 atom stereocenters. The molecule has 0 aliphatic carbocycles. The first-order chi connectivity index (χ1) is 15.4. The zero-order valence-electron chi connectivity index (χ0n) is 18.3. The van der Waals surface area contributed by atoms with Gasteiger partial charge in [0, 0.05) is 28.0 Å². The molecule has 1 heterocycles. The lowest BCUT2D eigenvalue weighted by molar-refractivity contribution is -0.113. The van der Waals surface area contributed by atoms with Crippen LogP contribution in [0.3, 0.4) is 0 Å². The number of aromatic nitrogens is 3. The van der Waals surface area contributed by atoms with Crippen LogP contribution >= 0.6 is 46.7 Å². The summed E-state index contributed by atoms with van der Waals surface area (Å²) in [6.07, 6.45) is 0. The highest BCUT2D eigenvalue weighted by atomic mass is 35.5. The lowest BCUT2D eigenvalue weighted by atomic mass is 10.0. The molecule has 0 fully saturated rings. The third-order valence-electron chi connectivity index (χ3n) is 4.81. The predicted molar refractivity (Wildman–Crippen MR) is 137 cm³/mol. The number of thioether (sulfide) groups is 2. The largest absolute Gasteiger partial charge is 0.325 e. The maximum absolute atomic E-state index is 12.4. The molecule has 3 aromatic rings. The zero-order valence-corrected chi connectivity index (χ0v) is 21.4. The van der Waals surface area contributed by atoms with Crippen molar-refractivity contribution in [2.75, 3.05) is 11.1 Å². The van der Waals surface area contributed by atoms with Crippen LogP contribution in [-0.2, 0) is 22.8 Å². The number of benzene rings is 2. The summed E-state index contributed by atoms with van der Waals surface area (Å²) in [6.45, 7) is 7.08. The number of hydrogen-bond acceptors (Lipinski definition) is 5. The summed E-state index contributed by atoms with van der Waals surface area (Å²) in [4.78, 5) is 12.4. The summed E-state index contributed by atoms with van der Waals surface area (Å²) in [7, 11) is 0. The normalized spacial score (nSPS) is 11.2. The molecule has 1 aromatic heterocycles. The molecule has 0 aliphatic rings. The van der Waals surface area contributed by atoms with Gasteiger partial charge in [-0.3, -0.25) is 4.79 Å². The predicted octanol–water partition coefficient (Wildman–Crippen LogP) is 6.89. The minimum absolute atomic E-state index is 0.0637. The molecule has 1 amide bonds. The Morgan fingerprint density at radius 1 is 1.09 bits per heavy atom. The summed E-state index contributed by atoms with van der Waals surface area (Å²) in [6, 6.07) is 13.5. The molecule has 9 heteroatoms. The average Bonchev–Trinajstić information content (AvgIpc) is 3.16. The lowest BCUT2D eigenvalue weighted by Crippen LogP contribution is -2.14. The first kappa shape index (κ1) is 25.0. The van der Waals surface area contributed by atoms with Crippen molar-refractivity contribution in [2.24, 2.45) is 0 Å². The molecule has 0 saturated carbocycles. The maximum Gasteiger partial charge on any atom is 0.234 e. The maximum atomic E-state index is 12.4. The molecule has 0 aliphatic heterocycles. The van der Waals surface area contributed by atoms with E-state index in [1.165, 1.54) is 17.3 Å². The quantitative estimate of drug-likeness (QED) is 0.302. The van der Waals surface area contributed by atoms with Gasteiger partial charge in [0.2, 0.25) is 5.91 Å². The van der Waals surface area contributed by atoms with E-state index in [4.69, 9.17) is 23.2 Å². The van der Waals surface area contributed by atoms with Crippen molar-refractivity contribution in [3.05, 3.63) is 69.5 Å². The van der Waals surface area contributed by atoms with Crippen molar-refractivity contribution in [2.45, 2.75) is 49.9 Å². The van der Waals surface area contributed by atoms with Gasteiger partial charge < -0.3 is 9.88 Å². The topological polar surface area (TPSA) is 59.8 Å². The van der Waals surface area contributed by atoms with E-state index < -0.39 is 0 Å². The Bertz CT molecular complexity index is 1050. The highest BCUT2D eigenvalue weighted by molar-refractivity contribution is 7.99. The molecule has 0 saturated heterocycles. The Labute approximate surface area is 207 Å². The molecular weight excluding hydrogens is 483 g/mol. The monoisotopic (exact) mass is 508 g/mol. The molecule has 0 spiro atoms. The molecule has 1 N–H and O–H groups in total. The molecule has 5 nitrogen and oxygen atoms in total. The molecule has 0 radical (unpaired) electrons. The van der Waals surface area contributed by atoms with Gasteiger partial charge in [0.25, 0.3) is 0 Å². The van der Waals surface area contributed by atoms with E-state index in [1.807, 2.05) is 47.9 Å². The summed E-state index contributed by atoms with van der Waals surface area (Å²) in [5.41, 5.74) is 3.09. The summed E-state index contributed by atoms with van der Waals surface area (Å²) in [5, 5.41) is 13.6. The van der Waals surface area contributed by atoms with E-state index in [9.17, 15) is 4.79 Å². The van der Waals surface area contributed by atoms with E-state index in [-0.39, 0.29) is 11.7 Å². The van der Waals surface area contributed by atoms with Gasteiger partial charge in [-0.1, -0.05) is 67.0 Å². The molecule has 0 unspecified atom stereocenters. The highest BCUT2D eigenvalue weighted by Gasteiger charge is 2.14. The van der Waals surface area contributed by atoms with Gasteiger partial charge in [0.1, 0.15) is 5.82 Å². The first-order valence-electron chi connectivity index (χ1n) is 10.3. The minimum Gasteiger partial charge on any atom is -0.325 e. The van der Waals surface area contributed by atoms with Crippen LogP contribution in [0.2, 0.25) is 10.0 Å². The number of carbonyl (C=O) groups excluding carboxylic acids is 1. The van der Waals surface area contributed by atoms with Crippen LogP contribution in [0, 0.1) is 0 Å². The Hall–Kier alpha value is -1.67. The number of carbonyl (C=O) groups is 1. The average molecular weight is 510 g/mol. The van der Waals surface area contributed by atoms with Gasteiger partial charge in [0.05, 0.1) is 11.5 Å². The van der Waals surface area contributed by atoms with Crippen molar-refractivity contribution >= 4 is 58.3 Å². The smallest absolute Gasteiger partial charge is 0.234 e. The minimum atomic E-state index is -0.0637. The van der Waals surface area contributed by atoms with E-state index in [0.717, 1.165) is 34.5 Å². The number of hydrogen-bond donors (Lipinski definition) is 1. The third kappa shape index (κ3) is 6.91. The van der Waals surface area contributed by atoms with Gasteiger partial charge in [-0.05, 0) is 48.2 Å². The fourth-order valence-electron chi connectivity index (χ4n) is 3.02. The number of rotatable bonds is 10. The molecule has 32 heavy (non-hydrogen) atoms. The van der Waals surface area contributed by atoms with E-state index >= 15 is 0 Å². The van der Waals surface area contributed by atoms with Gasteiger partial charge in [-0.25, -0.2) is 0 Å². The second-order valence-corrected chi connectivity index (χ2v) is 10.3. The van der Waals surface area contributed by atoms with Crippen molar-refractivity contribution in [3.63, 3.8) is 0 Å². The first-order valence-corrected chi connectivity index (χ1v) is 13.2. The van der Waals surface area contributed by atoms with Gasteiger partial charge in [-0.15, -0.1) is 22.0 Å².